The molecule has 0 spiro atoms. The summed E-state index contributed by atoms with van der Waals surface area (Å²) in [5, 5.41) is 3.12. The average Bonchev–Trinajstić information content (AvgIpc) is 3.45. The van der Waals surface area contributed by atoms with Gasteiger partial charge in [-0.15, -0.1) is 36.7 Å². The third kappa shape index (κ3) is 5.51. The molecule has 0 radical (unpaired) electrons. The van der Waals surface area contributed by atoms with Crippen molar-refractivity contribution in [2.75, 3.05) is 29.1 Å². The maximum absolute atomic E-state index is 12.8. The van der Waals surface area contributed by atoms with Crippen molar-refractivity contribution in [3.05, 3.63) is 71.2 Å². The van der Waals surface area contributed by atoms with Crippen molar-refractivity contribution in [3.8, 4) is 11.5 Å². The first-order valence-electron chi connectivity index (χ1n) is 9.89. The Hall–Kier alpha value is -2.69. The summed E-state index contributed by atoms with van der Waals surface area (Å²) in [4.78, 5) is 16.5. The van der Waals surface area contributed by atoms with Gasteiger partial charge in [0.05, 0.1) is 29.6 Å². The Morgan fingerprint density at radius 1 is 1.06 bits per heavy atom. The Balaban J connectivity index is 0.000000252. The van der Waals surface area contributed by atoms with E-state index in [1.54, 1.807) is 12.1 Å². The lowest BCUT2D eigenvalue weighted by Crippen LogP contribution is -2.28. The molecule has 0 saturated carbocycles. The lowest BCUT2D eigenvalue weighted by Gasteiger charge is -2.19. The monoisotopic (exact) mass is 526 g/mol. The number of carbonyl (C=O) groups excluding carboxylic acids is 1. The van der Waals surface area contributed by atoms with Crippen molar-refractivity contribution in [1.29, 1.82) is 0 Å². The van der Waals surface area contributed by atoms with Crippen molar-refractivity contribution in [3.63, 3.8) is 0 Å². The Morgan fingerprint density at radius 2 is 1.76 bits per heavy atom. The molecule has 0 bridgehead atoms. The number of fused-ring (bicyclic) bond motifs is 2. The van der Waals surface area contributed by atoms with Gasteiger partial charge < -0.3 is 14.8 Å². The number of anilines is 2. The molecule has 5 nitrogen and oxygen atoms in total. The van der Waals surface area contributed by atoms with Gasteiger partial charge in [0.15, 0.2) is 11.5 Å². The highest BCUT2D eigenvalue weighted by molar-refractivity contribution is 8.00. The quantitative estimate of drug-likeness (QED) is 0.392. The van der Waals surface area contributed by atoms with Gasteiger partial charge in [-0.05, 0) is 36.4 Å². The lowest BCUT2D eigenvalue weighted by molar-refractivity contribution is -0.275. The fraction of sp³-hybridized carbons (Fsp3) is 0.174. The zero-order valence-corrected chi connectivity index (χ0v) is 20.1. The molecule has 1 amide bonds. The summed E-state index contributed by atoms with van der Waals surface area (Å²) in [5.74, 6) is -0.0388. The maximum atomic E-state index is 12.8. The highest BCUT2D eigenvalue weighted by Gasteiger charge is 2.34. The molecule has 178 valence electrons. The molecule has 0 fully saturated rings. The Labute approximate surface area is 207 Å². The molecule has 3 aromatic carbocycles. The van der Waals surface area contributed by atoms with Gasteiger partial charge in [0.25, 0.3) is 5.91 Å². The van der Waals surface area contributed by atoms with Gasteiger partial charge >= 0.3 is 6.36 Å². The van der Waals surface area contributed by atoms with Crippen LogP contribution in [0.1, 0.15) is 10.4 Å². The third-order valence-corrected chi connectivity index (χ3v) is 7.09. The van der Waals surface area contributed by atoms with Crippen molar-refractivity contribution in [2.45, 2.75) is 16.2 Å². The van der Waals surface area contributed by atoms with Crippen LogP contribution in [0.15, 0.2) is 70.5 Å². The Bertz CT molecular complexity index is 1190. The number of carbonyl (C=O) groups is 1. The molecule has 2 aliphatic rings. The molecular weight excluding hydrogens is 509 g/mol. The lowest BCUT2D eigenvalue weighted by atomic mass is 10.1. The summed E-state index contributed by atoms with van der Waals surface area (Å²) in [6.07, 6.45) is -4.94. The van der Waals surface area contributed by atoms with Gasteiger partial charge in [-0.3, -0.25) is 9.69 Å². The normalized spacial score (nSPS) is 13.9. The number of alkyl halides is 3. The molecule has 1 N–H and O–H groups in total. The van der Waals surface area contributed by atoms with E-state index in [4.69, 9.17) is 16.3 Å². The minimum Gasteiger partial charge on any atom is -0.491 e. The van der Waals surface area contributed by atoms with E-state index in [1.165, 1.54) is 40.4 Å². The van der Waals surface area contributed by atoms with Crippen LogP contribution in [0, 0.1) is 0 Å². The smallest absolute Gasteiger partial charge is 0.491 e. The van der Waals surface area contributed by atoms with Crippen molar-refractivity contribution < 1.29 is 27.4 Å². The molecule has 0 saturated heterocycles. The Morgan fingerprint density at radius 3 is 2.47 bits per heavy atom. The second kappa shape index (κ2) is 10.3. The number of nitrogens with zero attached hydrogens (tertiary/aromatic N) is 1. The van der Waals surface area contributed by atoms with Gasteiger partial charge in [-0.25, -0.2) is 0 Å². The molecular formula is C23H18ClF3N2O3S2. The van der Waals surface area contributed by atoms with Crippen LogP contribution in [0.5, 0.6) is 11.5 Å². The van der Waals surface area contributed by atoms with Crippen LogP contribution in [0.3, 0.4) is 0 Å². The first kappa shape index (κ1) is 24.4. The maximum Gasteiger partial charge on any atom is 0.573 e. The summed E-state index contributed by atoms with van der Waals surface area (Å²) >= 11 is 9.28. The molecule has 0 unspecified atom stereocenters. The number of rotatable bonds is 3. The zero-order chi connectivity index (χ0) is 24.3. The zero-order valence-electron chi connectivity index (χ0n) is 17.7. The molecule has 0 atom stereocenters. The summed E-state index contributed by atoms with van der Waals surface area (Å²) in [6, 6.07) is 17.9. The van der Waals surface area contributed by atoms with Gasteiger partial charge in [-0.2, -0.15) is 0 Å². The van der Waals surface area contributed by atoms with E-state index in [0.29, 0.717) is 11.6 Å². The van der Waals surface area contributed by atoms with Crippen LogP contribution in [0.4, 0.5) is 24.5 Å². The van der Waals surface area contributed by atoms with Gasteiger partial charge in [0.1, 0.15) is 0 Å². The van der Waals surface area contributed by atoms with E-state index in [-0.39, 0.29) is 16.3 Å². The standard InChI is InChI=1S/C16H11ClF3NO3S.C7H7NS/c1-23-14-10(17)6-9(7-12(14)24-16(18,19)20)15(22)21-8-25-13-5-3-2-4-11(13)21;1-2-4-7-6(3-1)8-5-9-7/h2-7H,8H2,1H3;1-4,8H,5H2. The van der Waals surface area contributed by atoms with E-state index in [9.17, 15) is 18.0 Å². The van der Waals surface area contributed by atoms with Crippen LogP contribution in [0.25, 0.3) is 0 Å². The van der Waals surface area contributed by atoms with Gasteiger partial charge in [0, 0.05) is 21.0 Å². The highest BCUT2D eigenvalue weighted by Crippen LogP contribution is 2.42. The van der Waals surface area contributed by atoms with Crippen LogP contribution in [-0.2, 0) is 0 Å². The fourth-order valence-corrected chi connectivity index (χ4v) is 5.52. The topological polar surface area (TPSA) is 50.8 Å². The number of methoxy groups -OCH3 is 1. The van der Waals surface area contributed by atoms with E-state index < -0.39 is 18.0 Å². The van der Waals surface area contributed by atoms with Crippen LogP contribution < -0.4 is 19.7 Å². The second-order valence-electron chi connectivity index (χ2n) is 6.97. The van der Waals surface area contributed by atoms with Crippen LogP contribution in [-0.4, -0.2) is 31.1 Å². The predicted octanol–water partition coefficient (Wildman–Crippen LogP) is 7.12. The largest absolute Gasteiger partial charge is 0.573 e. The number of hydrogen-bond acceptors (Lipinski definition) is 6. The number of hydrogen-bond donors (Lipinski definition) is 1. The molecule has 5 rings (SSSR count). The molecule has 3 aromatic rings. The number of ether oxygens (including phenoxy) is 2. The van der Waals surface area contributed by atoms with Crippen molar-refractivity contribution >= 4 is 52.4 Å². The summed E-state index contributed by atoms with van der Waals surface area (Å²) in [7, 11) is 1.17. The predicted molar refractivity (Wildman–Crippen MR) is 129 cm³/mol. The van der Waals surface area contributed by atoms with E-state index >= 15 is 0 Å². The average molecular weight is 527 g/mol. The fourth-order valence-electron chi connectivity index (χ4n) is 3.35. The van der Waals surface area contributed by atoms with E-state index in [1.807, 2.05) is 23.9 Å². The number of amides is 1. The SMILES string of the molecule is COc1c(Cl)cc(C(=O)N2CSc3ccccc32)cc1OC(F)(F)F.c1ccc2c(c1)NCS2. The number of halogens is 4. The number of nitrogens with one attached hydrogen (secondary N) is 1. The summed E-state index contributed by atoms with van der Waals surface area (Å²) < 4.78 is 46.6. The minimum absolute atomic E-state index is 0.0256. The van der Waals surface area contributed by atoms with Gasteiger partial charge in [0.2, 0.25) is 0 Å². The molecule has 2 heterocycles. The molecule has 34 heavy (non-hydrogen) atoms. The molecule has 11 heteroatoms. The van der Waals surface area contributed by atoms with E-state index in [0.717, 1.165) is 16.8 Å². The van der Waals surface area contributed by atoms with Crippen molar-refractivity contribution in [2.24, 2.45) is 0 Å². The minimum atomic E-state index is -4.94. The molecule has 0 aliphatic carbocycles. The Kier molecular flexibility index (Phi) is 7.39. The van der Waals surface area contributed by atoms with Crippen LogP contribution in [0.2, 0.25) is 5.02 Å². The number of thioether (sulfide) groups is 2. The molecule has 0 aromatic heterocycles. The highest BCUT2D eigenvalue weighted by atomic mass is 35.5. The number of benzene rings is 3. The van der Waals surface area contributed by atoms with Crippen LogP contribution >= 0.6 is 35.1 Å². The summed E-state index contributed by atoms with van der Waals surface area (Å²) in [5.41, 5.74) is 1.95. The molecule has 2 aliphatic heterocycles. The van der Waals surface area contributed by atoms with Gasteiger partial charge in [-0.1, -0.05) is 35.9 Å². The van der Waals surface area contributed by atoms with E-state index in [2.05, 4.69) is 34.3 Å². The van der Waals surface area contributed by atoms with Crippen molar-refractivity contribution in [1.82, 2.24) is 0 Å². The first-order chi connectivity index (χ1) is 16.3. The summed E-state index contributed by atoms with van der Waals surface area (Å²) in [6.45, 7) is 0. The second-order valence-corrected chi connectivity index (χ2v) is 9.38. The third-order valence-electron chi connectivity index (χ3n) is 4.81. The number of para-hydroxylation sites is 2. The first-order valence-corrected chi connectivity index (χ1v) is 12.2.